The number of aromatic nitrogens is 3. The number of benzene rings is 3. The lowest BCUT2D eigenvalue weighted by molar-refractivity contribution is 0.0951. The molecule has 0 radical (unpaired) electrons. The second kappa shape index (κ2) is 10.5. The molecule has 0 fully saturated rings. The first-order valence-corrected chi connectivity index (χ1v) is 12.2. The van der Waals surface area contributed by atoms with E-state index < -0.39 is 0 Å². The Bertz CT molecular complexity index is 1430. The van der Waals surface area contributed by atoms with Crippen LogP contribution in [0.25, 0.3) is 11.2 Å². The zero-order valence-corrected chi connectivity index (χ0v) is 19.7. The molecule has 0 spiro atoms. The molecule has 174 valence electrons. The number of carbonyl (C=O) groups is 1. The summed E-state index contributed by atoms with van der Waals surface area (Å²) in [5.41, 5.74) is 5.40. The third kappa shape index (κ3) is 5.58. The van der Waals surface area contributed by atoms with Crippen LogP contribution in [0.3, 0.4) is 0 Å². The molecular weight excluding hydrogens is 459 g/mol. The van der Waals surface area contributed by atoms with E-state index >= 15 is 0 Å². The van der Waals surface area contributed by atoms with E-state index in [0.29, 0.717) is 18.7 Å². The average molecular weight is 483 g/mol. The fourth-order valence-electron chi connectivity index (χ4n) is 3.74. The summed E-state index contributed by atoms with van der Waals surface area (Å²) in [4.78, 5) is 21.9. The van der Waals surface area contributed by atoms with Crippen molar-refractivity contribution in [2.24, 2.45) is 0 Å². The van der Waals surface area contributed by atoms with Crippen LogP contribution in [0, 0.1) is 5.82 Å². The molecule has 0 saturated carbocycles. The van der Waals surface area contributed by atoms with Gasteiger partial charge in [0.2, 0.25) is 0 Å². The lowest BCUT2D eigenvalue weighted by Crippen LogP contribution is -2.22. The summed E-state index contributed by atoms with van der Waals surface area (Å²) < 4.78 is 15.2. The molecule has 0 aliphatic rings. The van der Waals surface area contributed by atoms with Gasteiger partial charge in [-0.15, -0.1) is 0 Å². The predicted molar refractivity (Wildman–Crippen MR) is 137 cm³/mol. The van der Waals surface area contributed by atoms with Crippen molar-refractivity contribution in [1.29, 1.82) is 0 Å². The van der Waals surface area contributed by atoms with E-state index in [2.05, 4.69) is 27.0 Å². The molecule has 0 aliphatic heterocycles. The van der Waals surface area contributed by atoms with Gasteiger partial charge in [-0.05, 0) is 53.1 Å². The van der Waals surface area contributed by atoms with E-state index in [1.54, 1.807) is 30.1 Å². The molecule has 5 nitrogen and oxygen atoms in total. The third-order valence-corrected chi connectivity index (χ3v) is 6.65. The number of pyridine rings is 1. The molecule has 0 bridgehead atoms. The van der Waals surface area contributed by atoms with Crippen LogP contribution < -0.4 is 5.32 Å². The van der Waals surface area contributed by atoms with Gasteiger partial charge in [-0.1, -0.05) is 66.4 Å². The number of hydrogen-bond donors (Lipinski definition) is 1. The fourth-order valence-corrected chi connectivity index (χ4v) is 4.70. The topological polar surface area (TPSA) is 59.8 Å². The number of carbonyl (C=O) groups excluding carboxylic acids is 1. The Morgan fingerprint density at radius 2 is 1.60 bits per heavy atom. The van der Waals surface area contributed by atoms with Crippen molar-refractivity contribution in [3.05, 3.63) is 125 Å². The quantitative estimate of drug-likeness (QED) is 0.282. The van der Waals surface area contributed by atoms with Gasteiger partial charge in [0, 0.05) is 24.1 Å². The molecule has 1 amide bonds. The Labute approximate surface area is 207 Å². The maximum Gasteiger partial charge on any atom is 0.251 e. The van der Waals surface area contributed by atoms with Gasteiger partial charge in [-0.3, -0.25) is 9.36 Å². The molecule has 5 rings (SSSR count). The second-order valence-electron chi connectivity index (χ2n) is 8.11. The van der Waals surface area contributed by atoms with Crippen molar-refractivity contribution < 1.29 is 9.18 Å². The summed E-state index contributed by atoms with van der Waals surface area (Å²) >= 11 is 1.68. The molecule has 0 aliphatic carbocycles. The number of rotatable bonds is 8. The van der Waals surface area contributed by atoms with Crippen LogP contribution >= 0.6 is 11.8 Å². The summed E-state index contributed by atoms with van der Waals surface area (Å²) in [6, 6.07) is 27.8. The van der Waals surface area contributed by atoms with Crippen molar-refractivity contribution in [1.82, 2.24) is 19.9 Å². The van der Waals surface area contributed by atoms with E-state index in [1.807, 2.05) is 54.6 Å². The number of nitrogens with one attached hydrogen (secondary N) is 1. The zero-order chi connectivity index (χ0) is 24.0. The summed E-state index contributed by atoms with van der Waals surface area (Å²) in [6.07, 6.45) is 1.78. The number of amides is 1. The Balaban J connectivity index is 1.29. The van der Waals surface area contributed by atoms with Gasteiger partial charge < -0.3 is 5.32 Å². The van der Waals surface area contributed by atoms with E-state index in [1.165, 1.54) is 17.7 Å². The monoisotopic (exact) mass is 482 g/mol. The van der Waals surface area contributed by atoms with E-state index in [-0.39, 0.29) is 11.7 Å². The second-order valence-corrected chi connectivity index (χ2v) is 9.05. The van der Waals surface area contributed by atoms with Crippen LogP contribution in [0.4, 0.5) is 4.39 Å². The zero-order valence-electron chi connectivity index (χ0n) is 18.9. The molecule has 35 heavy (non-hydrogen) atoms. The highest BCUT2D eigenvalue weighted by molar-refractivity contribution is 7.98. The highest BCUT2D eigenvalue weighted by Gasteiger charge is 2.13. The molecule has 0 saturated heterocycles. The van der Waals surface area contributed by atoms with Crippen LogP contribution in [0.5, 0.6) is 0 Å². The Hall–Kier alpha value is -3.97. The van der Waals surface area contributed by atoms with Gasteiger partial charge in [0.15, 0.2) is 10.8 Å². The standard InChI is InChI=1S/C28H23FN4OS/c29-24-14-10-20(11-15-24)17-31-27(34)23-12-8-21(9-13-23)18-33-26-25(7-4-16-30-26)32-28(33)35-19-22-5-2-1-3-6-22/h1-16H,17-19H2,(H,31,34). The Morgan fingerprint density at radius 1 is 0.857 bits per heavy atom. The Kier molecular flexibility index (Phi) is 6.86. The maximum absolute atomic E-state index is 13.1. The first kappa shape index (κ1) is 22.8. The van der Waals surface area contributed by atoms with Crippen LogP contribution in [-0.2, 0) is 18.8 Å². The first-order valence-electron chi connectivity index (χ1n) is 11.3. The minimum Gasteiger partial charge on any atom is -0.348 e. The molecule has 2 heterocycles. The van der Waals surface area contributed by atoms with Crippen molar-refractivity contribution in [2.75, 3.05) is 0 Å². The fraction of sp³-hybridized carbons (Fsp3) is 0.107. The van der Waals surface area contributed by atoms with Crippen LogP contribution in [0.1, 0.15) is 27.0 Å². The van der Waals surface area contributed by atoms with E-state index in [9.17, 15) is 9.18 Å². The molecule has 5 aromatic rings. The number of fused-ring (bicyclic) bond motifs is 1. The molecule has 1 N–H and O–H groups in total. The lowest BCUT2D eigenvalue weighted by Gasteiger charge is -2.10. The van der Waals surface area contributed by atoms with Gasteiger partial charge in [-0.25, -0.2) is 14.4 Å². The smallest absolute Gasteiger partial charge is 0.251 e. The van der Waals surface area contributed by atoms with E-state index in [4.69, 9.17) is 4.98 Å². The molecule has 0 unspecified atom stereocenters. The number of thioether (sulfide) groups is 1. The number of halogens is 1. The maximum atomic E-state index is 13.1. The predicted octanol–water partition coefficient (Wildman–Crippen LogP) is 5.84. The molecule has 0 atom stereocenters. The lowest BCUT2D eigenvalue weighted by atomic mass is 10.1. The van der Waals surface area contributed by atoms with Crippen molar-refractivity contribution in [2.45, 2.75) is 24.0 Å². The molecule has 7 heteroatoms. The Morgan fingerprint density at radius 3 is 2.37 bits per heavy atom. The van der Waals surface area contributed by atoms with E-state index in [0.717, 1.165) is 33.2 Å². The first-order chi connectivity index (χ1) is 17.2. The van der Waals surface area contributed by atoms with Gasteiger partial charge in [0.1, 0.15) is 11.3 Å². The minimum atomic E-state index is -0.293. The van der Waals surface area contributed by atoms with Crippen molar-refractivity contribution in [3.63, 3.8) is 0 Å². The van der Waals surface area contributed by atoms with Crippen LogP contribution in [0.2, 0.25) is 0 Å². The molecule has 2 aromatic heterocycles. The summed E-state index contributed by atoms with van der Waals surface area (Å²) in [7, 11) is 0. The summed E-state index contributed by atoms with van der Waals surface area (Å²) in [6.45, 7) is 0.942. The van der Waals surface area contributed by atoms with Gasteiger partial charge in [0.25, 0.3) is 5.91 Å². The highest BCUT2D eigenvalue weighted by atomic mass is 32.2. The van der Waals surface area contributed by atoms with Gasteiger partial charge in [0.05, 0.1) is 6.54 Å². The van der Waals surface area contributed by atoms with Crippen molar-refractivity contribution in [3.8, 4) is 0 Å². The third-order valence-electron chi connectivity index (χ3n) is 5.60. The molecule has 3 aromatic carbocycles. The van der Waals surface area contributed by atoms with Gasteiger partial charge >= 0.3 is 0 Å². The summed E-state index contributed by atoms with van der Waals surface area (Å²) in [5, 5.41) is 3.78. The SMILES string of the molecule is O=C(NCc1ccc(F)cc1)c1ccc(Cn2c(SCc3ccccc3)nc3cccnc32)cc1. The van der Waals surface area contributed by atoms with Crippen LogP contribution in [-0.4, -0.2) is 20.4 Å². The number of nitrogens with zero attached hydrogens (tertiary/aromatic N) is 3. The minimum absolute atomic E-state index is 0.172. The average Bonchev–Trinajstić information content (AvgIpc) is 3.25. The largest absolute Gasteiger partial charge is 0.348 e. The summed E-state index contributed by atoms with van der Waals surface area (Å²) in [5.74, 6) is 0.352. The van der Waals surface area contributed by atoms with Crippen LogP contribution in [0.15, 0.2) is 102 Å². The van der Waals surface area contributed by atoms with Crippen molar-refractivity contribution >= 4 is 28.8 Å². The normalized spacial score (nSPS) is 11.0. The number of imidazole rings is 1. The van der Waals surface area contributed by atoms with Gasteiger partial charge in [-0.2, -0.15) is 0 Å². The highest BCUT2D eigenvalue weighted by Crippen LogP contribution is 2.27. The number of hydrogen-bond acceptors (Lipinski definition) is 4. The molecular formula is C28H23FN4OS.